The van der Waals surface area contributed by atoms with E-state index in [4.69, 9.17) is 8.94 Å². The molecule has 0 radical (unpaired) electrons. The van der Waals surface area contributed by atoms with Crippen molar-refractivity contribution in [2.45, 2.75) is 19.9 Å². The Kier molecular flexibility index (Phi) is 3.17. The minimum absolute atomic E-state index is 0.105. The maximum atomic E-state index is 13.4. The van der Waals surface area contributed by atoms with Crippen LogP contribution in [-0.4, -0.2) is 14.7 Å². The van der Waals surface area contributed by atoms with Gasteiger partial charge in [-0.2, -0.15) is 4.98 Å². The molecule has 8 heteroatoms. The summed E-state index contributed by atoms with van der Waals surface area (Å²) >= 11 is 3.08. The van der Waals surface area contributed by atoms with Crippen LogP contribution in [-0.2, 0) is 13.0 Å². The first-order valence-corrected chi connectivity index (χ1v) is 6.67. The van der Waals surface area contributed by atoms with Gasteiger partial charge in [0.05, 0.1) is 16.5 Å². The highest BCUT2D eigenvalue weighted by molar-refractivity contribution is 9.10. The second-order valence-corrected chi connectivity index (χ2v) is 5.00. The number of aromatic nitrogens is 3. The predicted octanol–water partition coefficient (Wildman–Crippen LogP) is 2.49. The van der Waals surface area contributed by atoms with E-state index in [0.717, 1.165) is 6.07 Å². The van der Waals surface area contributed by atoms with Crippen molar-refractivity contribution in [2.24, 2.45) is 0 Å². The summed E-state index contributed by atoms with van der Waals surface area (Å²) < 4.78 is 25.0. The Hall–Kier alpha value is -1.96. The first-order chi connectivity index (χ1) is 9.58. The minimum atomic E-state index is -0.597. The molecule has 0 aliphatic heterocycles. The van der Waals surface area contributed by atoms with Crippen LogP contribution >= 0.6 is 15.9 Å². The lowest BCUT2D eigenvalue weighted by molar-refractivity contribution is 0.375. The summed E-state index contributed by atoms with van der Waals surface area (Å²) in [6, 6.07) is 2.64. The number of oxazole rings is 1. The second-order valence-electron chi connectivity index (χ2n) is 4.15. The van der Waals surface area contributed by atoms with Gasteiger partial charge in [0.25, 0.3) is 0 Å². The average molecular weight is 342 g/mol. The molecule has 1 aromatic carbocycles. The van der Waals surface area contributed by atoms with Crippen molar-refractivity contribution in [2.75, 3.05) is 0 Å². The molecular formula is C12H9BrFN3O3. The largest absolute Gasteiger partial charge is 0.420 e. The van der Waals surface area contributed by atoms with E-state index in [-0.39, 0.29) is 16.6 Å². The van der Waals surface area contributed by atoms with Crippen LogP contribution in [0, 0.1) is 5.82 Å². The van der Waals surface area contributed by atoms with Gasteiger partial charge in [-0.1, -0.05) is 12.1 Å². The predicted molar refractivity (Wildman–Crippen MR) is 70.9 cm³/mol. The van der Waals surface area contributed by atoms with Crippen LogP contribution in [0.5, 0.6) is 0 Å². The molecule has 0 bridgehead atoms. The van der Waals surface area contributed by atoms with Crippen LogP contribution in [0.2, 0.25) is 0 Å². The second kappa shape index (κ2) is 4.86. The summed E-state index contributed by atoms with van der Waals surface area (Å²) in [7, 11) is 0. The average Bonchev–Trinajstić information content (AvgIpc) is 2.98. The summed E-state index contributed by atoms with van der Waals surface area (Å²) in [5, 5.41) is 3.78. The van der Waals surface area contributed by atoms with Gasteiger partial charge in [0.1, 0.15) is 5.82 Å². The smallest absolute Gasteiger partial charge is 0.408 e. The number of aryl methyl sites for hydroxylation is 1. The molecular weight excluding hydrogens is 333 g/mol. The molecule has 0 amide bonds. The number of rotatable bonds is 3. The van der Waals surface area contributed by atoms with Gasteiger partial charge in [-0.25, -0.2) is 9.18 Å². The Balaban J connectivity index is 2.08. The van der Waals surface area contributed by atoms with Crippen LogP contribution in [0.25, 0.3) is 11.1 Å². The van der Waals surface area contributed by atoms with Crippen LogP contribution in [0.15, 0.2) is 30.3 Å². The molecule has 0 N–H and O–H groups in total. The van der Waals surface area contributed by atoms with Crippen LogP contribution in [0.3, 0.4) is 0 Å². The highest BCUT2D eigenvalue weighted by Gasteiger charge is 2.15. The Bertz CT molecular complexity index is 836. The molecule has 0 saturated carbocycles. The van der Waals surface area contributed by atoms with E-state index in [0.29, 0.717) is 23.7 Å². The molecule has 3 aromatic rings. The van der Waals surface area contributed by atoms with E-state index in [1.54, 1.807) is 0 Å². The molecule has 0 atom stereocenters. The lowest BCUT2D eigenvalue weighted by Crippen LogP contribution is -2.15. The van der Waals surface area contributed by atoms with E-state index in [1.165, 1.54) is 10.6 Å². The summed E-state index contributed by atoms with van der Waals surface area (Å²) in [6.07, 6.45) is 0.616. The van der Waals surface area contributed by atoms with Crippen molar-refractivity contribution in [3.05, 3.63) is 44.7 Å². The quantitative estimate of drug-likeness (QED) is 0.731. The number of halogens is 2. The third-order valence-electron chi connectivity index (χ3n) is 2.82. The first-order valence-electron chi connectivity index (χ1n) is 5.88. The zero-order valence-electron chi connectivity index (χ0n) is 10.4. The zero-order valence-corrected chi connectivity index (χ0v) is 12.0. The summed E-state index contributed by atoms with van der Waals surface area (Å²) in [4.78, 5) is 15.9. The van der Waals surface area contributed by atoms with Gasteiger partial charge < -0.3 is 8.94 Å². The fourth-order valence-corrected chi connectivity index (χ4v) is 2.18. The Morgan fingerprint density at radius 3 is 2.95 bits per heavy atom. The maximum Gasteiger partial charge on any atom is 0.420 e. The molecule has 2 heterocycles. The molecule has 20 heavy (non-hydrogen) atoms. The monoisotopic (exact) mass is 341 g/mol. The Morgan fingerprint density at radius 2 is 2.25 bits per heavy atom. The fourth-order valence-electron chi connectivity index (χ4n) is 1.85. The summed E-state index contributed by atoms with van der Waals surface area (Å²) in [5.74, 6) is -0.230. The van der Waals surface area contributed by atoms with Crippen molar-refractivity contribution < 1.29 is 13.3 Å². The van der Waals surface area contributed by atoms with Crippen molar-refractivity contribution >= 4 is 27.0 Å². The van der Waals surface area contributed by atoms with Gasteiger partial charge in [-0.05, 0) is 22.0 Å². The summed E-state index contributed by atoms with van der Waals surface area (Å²) in [6.45, 7) is 1.99. The number of nitrogens with zero attached hydrogens (tertiary/aromatic N) is 3. The van der Waals surface area contributed by atoms with Crippen molar-refractivity contribution in [3.63, 3.8) is 0 Å². The standard InChI is InChI=1S/C12H9BrFN3O3/c1-2-11-15-10(16-20-11)5-17-8-3-6(13)7(14)4-9(8)19-12(17)18/h3-4H,2,5H2,1H3. The van der Waals surface area contributed by atoms with Crippen LogP contribution in [0.1, 0.15) is 18.6 Å². The van der Waals surface area contributed by atoms with Gasteiger partial charge >= 0.3 is 5.76 Å². The molecule has 0 aliphatic rings. The zero-order chi connectivity index (χ0) is 14.3. The van der Waals surface area contributed by atoms with E-state index >= 15 is 0 Å². The van der Waals surface area contributed by atoms with Crippen LogP contribution < -0.4 is 5.76 Å². The third-order valence-corrected chi connectivity index (χ3v) is 3.43. The highest BCUT2D eigenvalue weighted by Crippen LogP contribution is 2.23. The minimum Gasteiger partial charge on any atom is -0.408 e. The molecule has 0 aliphatic carbocycles. The third kappa shape index (κ3) is 2.15. The van der Waals surface area contributed by atoms with Crippen molar-refractivity contribution in [1.82, 2.24) is 14.7 Å². The first kappa shape index (κ1) is 13.0. The topological polar surface area (TPSA) is 74.1 Å². The van der Waals surface area contributed by atoms with Gasteiger partial charge in [-0.15, -0.1) is 0 Å². The fraction of sp³-hybridized carbons (Fsp3) is 0.250. The van der Waals surface area contributed by atoms with Crippen molar-refractivity contribution in [3.8, 4) is 0 Å². The lowest BCUT2D eigenvalue weighted by Gasteiger charge is -1.98. The van der Waals surface area contributed by atoms with Gasteiger partial charge in [0, 0.05) is 12.5 Å². The van der Waals surface area contributed by atoms with Crippen LogP contribution in [0.4, 0.5) is 4.39 Å². The normalized spacial score (nSPS) is 11.3. The molecule has 0 saturated heterocycles. The van der Waals surface area contributed by atoms with E-state index < -0.39 is 11.6 Å². The molecule has 0 spiro atoms. The summed E-state index contributed by atoms with van der Waals surface area (Å²) in [5.41, 5.74) is 0.640. The molecule has 0 fully saturated rings. The van der Waals surface area contributed by atoms with E-state index in [9.17, 15) is 9.18 Å². The maximum absolute atomic E-state index is 13.4. The lowest BCUT2D eigenvalue weighted by atomic mass is 10.3. The SMILES string of the molecule is CCc1nc(Cn2c(=O)oc3cc(F)c(Br)cc32)no1. The van der Waals surface area contributed by atoms with E-state index in [1.807, 2.05) is 6.92 Å². The molecule has 3 rings (SSSR count). The van der Waals surface area contributed by atoms with Crippen molar-refractivity contribution in [1.29, 1.82) is 0 Å². The Morgan fingerprint density at radius 1 is 1.45 bits per heavy atom. The van der Waals surface area contributed by atoms with Gasteiger partial charge in [0.2, 0.25) is 5.89 Å². The number of hydrogen-bond donors (Lipinski definition) is 0. The number of benzene rings is 1. The highest BCUT2D eigenvalue weighted by atomic mass is 79.9. The van der Waals surface area contributed by atoms with E-state index in [2.05, 4.69) is 26.1 Å². The number of hydrogen-bond acceptors (Lipinski definition) is 5. The Labute approximate surface area is 120 Å². The van der Waals surface area contributed by atoms with Gasteiger partial charge in [-0.3, -0.25) is 4.57 Å². The number of fused-ring (bicyclic) bond motifs is 1. The molecule has 6 nitrogen and oxygen atoms in total. The molecule has 0 unspecified atom stereocenters. The molecule has 104 valence electrons. The van der Waals surface area contributed by atoms with Gasteiger partial charge in [0.15, 0.2) is 11.4 Å². The molecule has 2 aromatic heterocycles.